The van der Waals surface area contributed by atoms with E-state index in [2.05, 4.69) is 11.8 Å². The number of carbonyl (C=O) groups is 1. The minimum Gasteiger partial charge on any atom is -0.477 e. The molecule has 1 aliphatic rings. The molecule has 1 heterocycles. The van der Waals surface area contributed by atoms with Gasteiger partial charge in [-0.2, -0.15) is 0 Å². The quantitative estimate of drug-likeness (QED) is 0.641. The Balaban J connectivity index is 2.30. The van der Waals surface area contributed by atoms with Crippen LogP contribution in [-0.2, 0) is 0 Å². The zero-order chi connectivity index (χ0) is 16.3. The Kier molecular flexibility index (Phi) is 5.15. The topological polar surface area (TPSA) is 60.8 Å². The van der Waals surface area contributed by atoms with Gasteiger partial charge < -0.3 is 5.11 Å². The van der Waals surface area contributed by atoms with Gasteiger partial charge in [0.2, 0.25) is 0 Å². The maximum Gasteiger partial charge on any atom is 0.348 e. The number of rotatable bonds is 3. The van der Waals surface area contributed by atoms with Gasteiger partial charge in [0.1, 0.15) is 4.88 Å². The fraction of sp³-hybridized carbons (Fsp3) is 0.588. The molecule has 1 aromatic rings. The van der Waals surface area contributed by atoms with E-state index < -0.39 is 5.97 Å². The molecule has 2 rings (SSSR count). The molecule has 22 heavy (non-hydrogen) atoms. The number of anilines is 1. The van der Waals surface area contributed by atoms with Crippen LogP contribution in [0.2, 0.25) is 0 Å². The second-order valence-electron chi connectivity index (χ2n) is 6.77. The van der Waals surface area contributed by atoms with E-state index in [4.69, 9.17) is 0 Å². The van der Waals surface area contributed by atoms with Crippen molar-refractivity contribution in [2.75, 3.05) is 5.06 Å². The predicted molar refractivity (Wildman–Crippen MR) is 88.7 cm³/mol. The molecule has 1 fully saturated rings. The zero-order valence-corrected chi connectivity index (χ0v) is 14.2. The molecule has 0 unspecified atom stereocenters. The number of aromatic carboxylic acids is 1. The van der Waals surface area contributed by atoms with Gasteiger partial charge in [-0.3, -0.25) is 10.3 Å². The summed E-state index contributed by atoms with van der Waals surface area (Å²) in [6.45, 7) is 6.02. The van der Waals surface area contributed by atoms with Gasteiger partial charge >= 0.3 is 5.97 Å². The lowest BCUT2D eigenvalue weighted by Crippen LogP contribution is -2.34. The second-order valence-corrected chi connectivity index (χ2v) is 7.82. The van der Waals surface area contributed by atoms with Crippen LogP contribution in [0.15, 0.2) is 6.07 Å². The smallest absolute Gasteiger partial charge is 0.348 e. The molecular formula is C17H23NO3S. The lowest BCUT2D eigenvalue weighted by atomic mass is 9.95. The van der Waals surface area contributed by atoms with E-state index in [1.54, 1.807) is 6.07 Å². The summed E-state index contributed by atoms with van der Waals surface area (Å²) >= 11 is 1.13. The van der Waals surface area contributed by atoms with Gasteiger partial charge in [0, 0.05) is 5.41 Å². The first kappa shape index (κ1) is 16.9. The summed E-state index contributed by atoms with van der Waals surface area (Å²) in [5, 5.41) is 21.0. The first-order valence-electron chi connectivity index (χ1n) is 7.66. The summed E-state index contributed by atoms with van der Waals surface area (Å²) < 4.78 is 0. The Labute approximate surface area is 135 Å². The lowest BCUT2D eigenvalue weighted by Gasteiger charge is -2.30. The average Bonchev–Trinajstić information content (AvgIpc) is 2.89. The highest BCUT2D eigenvalue weighted by molar-refractivity contribution is 7.15. The summed E-state index contributed by atoms with van der Waals surface area (Å²) in [4.78, 5) is 12.3. The molecule has 1 aromatic heterocycles. The molecule has 1 aliphatic carbocycles. The monoisotopic (exact) mass is 321 g/mol. The number of thiophene rings is 1. The van der Waals surface area contributed by atoms with Crippen molar-refractivity contribution in [1.29, 1.82) is 0 Å². The summed E-state index contributed by atoms with van der Waals surface area (Å²) in [5.41, 5.74) is 0.234. The van der Waals surface area contributed by atoms with E-state index in [9.17, 15) is 15.1 Å². The number of carboxylic acid groups (broad SMARTS) is 1. The largest absolute Gasteiger partial charge is 0.477 e. The predicted octanol–water partition coefficient (Wildman–Crippen LogP) is 4.37. The Morgan fingerprint density at radius 2 is 1.95 bits per heavy atom. The van der Waals surface area contributed by atoms with E-state index in [0.29, 0.717) is 10.6 Å². The molecule has 0 atom stereocenters. The van der Waals surface area contributed by atoms with Crippen LogP contribution >= 0.6 is 11.3 Å². The number of hydrogen-bond donors (Lipinski definition) is 2. The highest BCUT2D eigenvalue weighted by atomic mass is 32.1. The average molecular weight is 321 g/mol. The summed E-state index contributed by atoms with van der Waals surface area (Å²) in [7, 11) is 0. The van der Waals surface area contributed by atoms with Crippen molar-refractivity contribution in [3.63, 3.8) is 0 Å². The van der Waals surface area contributed by atoms with Crippen molar-refractivity contribution in [2.45, 2.75) is 58.9 Å². The fourth-order valence-corrected chi connectivity index (χ4v) is 3.37. The van der Waals surface area contributed by atoms with Gasteiger partial charge in [-0.15, -0.1) is 11.3 Å². The van der Waals surface area contributed by atoms with Crippen LogP contribution in [0.4, 0.5) is 5.69 Å². The van der Waals surface area contributed by atoms with Crippen molar-refractivity contribution in [3.8, 4) is 11.8 Å². The normalized spacial score (nSPS) is 16.0. The molecule has 120 valence electrons. The van der Waals surface area contributed by atoms with Crippen LogP contribution < -0.4 is 5.06 Å². The maximum atomic E-state index is 11.4. The second kappa shape index (κ2) is 6.72. The highest BCUT2D eigenvalue weighted by Crippen LogP contribution is 2.33. The molecule has 0 amide bonds. The zero-order valence-electron chi connectivity index (χ0n) is 13.3. The number of hydroxylamine groups is 1. The van der Waals surface area contributed by atoms with Crippen molar-refractivity contribution < 1.29 is 15.1 Å². The van der Waals surface area contributed by atoms with Crippen molar-refractivity contribution in [2.24, 2.45) is 5.41 Å². The van der Waals surface area contributed by atoms with Crippen LogP contribution in [-0.4, -0.2) is 22.3 Å². The van der Waals surface area contributed by atoms with Crippen molar-refractivity contribution in [1.82, 2.24) is 0 Å². The number of nitrogens with zero attached hydrogens (tertiary/aromatic N) is 1. The van der Waals surface area contributed by atoms with Crippen LogP contribution in [0.1, 0.15) is 67.4 Å². The van der Waals surface area contributed by atoms with Gasteiger partial charge in [-0.1, -0.05) is 31.1 Å². The first-order chi connectivity index (χ1) is 10.3. The van der Waals surface area contributed by atoms with E-state index in [0.717, 1.165) is 42.1 Å². The minimum atomic E-state index is -1.02. The van der Waals surface area contributed by atoms with Gasteiger partial charge in [0.15, 0.2) is 0 Å². The van der Waals surface area contributed by atoms with E-state index in [1.165, 1.54) is 6.42 Å². The lowest BCUT2D eigenvalue weighted by molar-refractivity contribution is 0.0700. The molecule has 1 saturated carbocycles. The Morgan fingerprint density at radius 1 is 1.32 bits per heavy atom. The fourth-order valence-electron chi connectivity index (χ4n) is 2.54. The number of carboxylic acids is 1. The molecule has 0 spiro atoms. The molecule has 5 heteroatoms. The maximum absolute atomic E-state index is 11.4. The third-order valence-corrected chi connectivity index (χ3v) is 4.66. The third-order valence-electron chi connectivity index (χ3n) is 3.63. The molecule has 4 nitrogen and oxygen atoms in total. The third kappa shape index (κ3) is 4.25. The molecular weight excluding hydrogens is 298 g/mol. The SMILES string of the molecule is CC(C)(C)C#Cc1cc(N(O)C2CCCCC2)c(C(=O)O)s1. The molecule has 0 saturated heterocycles. The van der Waals surface area contributed by atoms with Crippen molar-refractivity contribution >= 4 is 23.0 Å². The van der Waals surface area contributed by atoms with E-state index in [-0.39, 0.29) is 16.3 Å². The van der Waals surface area contributed by atoms with Gasteiger partial charge in [0.25, 0.3) is 0 Å². The number of hydrogen-bond acceptors (Lipinski definition) is 4. The van der Waals surface area contributed by atoms with Crippen LogP contribution in [0.3, 0.4) is 0 Å². The van der Waals surface area contributed by atoms with E-state index >= 15 is 0 Å². The minimum absolute atomic E-state index is 0.00451. The summed E-state index contributed by atoms with van der Waals surface area (Å²) in [6.07, 6.45) is 5.13. The summed E-state index contributed by atoms with van der Waals surface area (Å²) in [6, 6.07) is 1.70. The Morgan fingerprint density at radius 3 is 2.50 bits per heavy atom. The van der Waals surface area contributed by atoms with Crippen LogP contribution in [0, 0.1) is 17.3 Å². The van der Waals surface area contributed by atoms with Gasteiger partial charge in [0.05, 0.1) is 16.6 Å². The summed E-state index contributed by atoms with van der Waals surface area (Å²) in [5.74, 6) is 5.11. The highest BCUT2D eigenvalue weighted by Gasteiger charge is 2.26. The Hall–Kier alpha value is -1.51. The van der Waals surface area contributed by atoms with Gasteiger partial charge in [-0.25, -0.2) is 4.79 Å². The Bertz CT molecular complexity index is 598. The van der Waals surface area contributed by atoms with Crippen LogP contribution in [0.5, 0.6) is 0 Å². The molecule has 0 bridgehead atoms. The van der Waals surface area contributed by atoms with Crippen LogP contribution in [0.25, 0.3) is 0 Å². The van der Waals surface area contributed by atoms with Crippen molar-refractivity contribution in [3.05, 3.63) is 15.8 Å². The molecule has 0 aliphatic heterocycles. The first-order valence-corrected chi connectivity index (χ1v) is 8.48. The molecule has 0 aromatic carbocycles. The molecule has 0 radical (unpaired) electrons. The molecule has 2 N–H and O–H groups in total. The van der Waals surface area contributed by atoms with E-state index in [1.807, 2.05) is 20.8 Å². The van der Waals surface area contributed by atoms with Gasteiger partial charge in [-0.05, 0) is 39.7 Å². The standard InChI is InChI=1S/C17H23NO3S/c1-17(2,3)10-9-13-11-14(15(22-13)16(19)20)18(21)12-7-5-4-6-8-12/h11-12,21H,4-8H2,1-3H3,(H,19,20).